The van der Waals surface area contributed by atoms with Gasteiger partial charge in [-0.05, 0) is 28.1 Å². The predicted molar refractivity (Wildman–Crippen MR) is 70.1 cm³/mol. The molecule has 22 heavy (non-hydrogen) atoms. The van der Waals surface area contributed by atoms with Crippen molar-refractivity contribution >= 4 is 33.3 Å². The van der Waals surface area contributed by atoms with Crippen molar-refractivity contribution in [3.63, 3.8) is 0 Å². The molecule has 1 aromatic rings. The molecule has 0 aliphatic carbocycles. The lowest BCUT2D eigenvalue weighted by Gasteiger charge is -2.15. The molecular weight excluding hydrogens is 373 g/mol. The number of hydrazone groups is 1. The molecule has 0 spiro atoms. The molecule has 0 aliphatic heterocycles. The molecular formula is C11H4BrF3N4O3. The summed E-state index contributed by atoms with van der Waals surface area (Å²) in [6, 6.07) is 4.46. The molecule has 1 rings (SSSR count). The van der Waals surface area contributed by atoms with Crippen LogP contribution in [0, 0.1) is 22.7 Å². The Morgan fingerprint density at radius 2 is 1.95 bits per heavy atom. The molecule has 0 amide bonds. The second-order valence-corrected chi connectivity index (χ2v) is 4.34. The molecule has 0 saturated heterocycles. The monoisotopic (exact) mass is 376 g/mol. The van der Waals surface area contributed by atoms with Gasteiger partial charge in [-0.15, -0.1) is 13.2 Å². The van der Waals surface area contributed by atoms with E-state index in [-0.39, 0.29) is 10.0 Å². The summed E-state index contributed by atoms with van der Waals surface area (Å²) in [7, 11) is 0. The van der Waals surface area contributed by atoms with E-state index in [1.165, 1.54) is 12.1 Å². The highest BCUT2D eigenvalue weighted by Gasteiger charge is 2.33. The van der Waals surface area contributed by atoms with Crippen LogP contribution in [0.5, 0.6) is 5.75 Å². The first-order valence-corrected chi connectivity index (χ1v) is 5.93. The summed E-state index contributed by atoms with van der Waals surface area (Å²) in [5.74, 6) is -2.21. The van der Waals surface area contributed by atoms with Crippen molar-refractivity contribution in [1.29, 1.82) is 10.5 Å². The van der Waals surface area contributed by atoms with Crippen molar-refractivity contribution in [2.24, 2.45) is 5.10 Å². The van der Waals surface area contributed by atoms with Gasteiger partial charge in [-0.2, -0.15) is 15.6 Å². The van der Waals surface area contributed by atoms with Gasteiger partial charge in [0.2, 0.25) is 5.71 Å². The van der Waals surface area contributed by atoms with Crippen molar-refractivity contribution in [2.75, 3.05) is 5.43 Å². The van der Waals surface area contributed by atoms with Gasteiger partial charge in [0.15, 0.2) is 5.75 Å². The smallest absolute Gasteiger partial charge is 0.478 e. The van der Waals surface area contributed by atoms with Crippen LogP contribution in [0.1, 0.15) is 10.4 Å². The topological polar surface area (TPSA) is 118 Å². The van der Waals surface area contributed by atoms with Crippen molar-refractivity contribution < 1.29 is 27.8 Å². The third kappa shape index (κ3) is 4.64. The fraction of sp³-hybridized carbons (Fsp3) is 0.0909. The summed E-state index contributed by atoms with van der Waals surface area (Å²) in [5, 5.41) is 29.1. The van der Waals surface area contributed by atoms with Gasteiger partial charge in [-0.3, -0.25) is 5.43 Å². The van der Waals surface area contributed by atoms with E-state index in [0.717, 1.165) is 12.1 Å². The maximum absolute atomic E-state index is 12.4. The highest BCUT2D eigenvalue weighted by Crippen LogP contribution is 2.38. The number of aromatic carboxylic acids is 1. The van der Waals surface area contributed by atoms with Gasteiger partial charge in [-0.1, -0.05) is 0 Å². The Morgan fingerprint density at radius 1 is 1.36 bits per heavy atom. The zero-order valence-electron chi connectivity index (χ0n) is 10.3. The van der Waals surface area contributed by atoms with Crippen molar-refractivity contribution in [3.8, 4) is 17.9 Å². The Hall–Kier alpha value is -2.79. The SMILES string of the molecule is N#CC(C#N)=NNc1cc(C(=O)O)cc(Br)c1OC(F)(F)F. The minimum absolute atomic E-state index is 0.308. The molecule has 0 saturated carbocycles. The number of nitriles is 2. The average molecular weight is 377 g/mol. The van der Waals surface area contributed by atoms with Crippen LogP contribution in [0.15, 0.2) is 21.7 Å². The molecule has 0 fully saturated rings. The maximum Gasteiger partial charge on any atom is 0.573 e. The number of hydrogen-bond acceptors (Lipinski definition) is 6. The number of ether oxygens (including phenoxy) is 1. The number of benzene rings is 1. The number of rotatable bonds is 4. The van der Waals surface area contributed by atoms with Crippen LogP contribution in [0.4, 0.5) is 18.9 Å². The van der Waals surface area contributed by atoms with Gasteiger partial charge >= 0.3 is 12.3 Å². The molecule has 0 bridgehead atoms. The normalized spacial score (nSPS) is 10.1. The third-order valence-corrected chi connectivity index (χ3v) is 2.60. The van der Waals surface area contributed by atoms with E-state index in [1.54, 1.807) is 0 Å². The van der Waals surface area contributed by atoms with E-state index < -0.39 is 29.5 Å². The summed E-state index contributed by atoms with van der Waals surface area (Å²) in [6.07, 6.45) is -5.04. The molecule has 0 aliphatic rings. The van der Waals surface area contributed by atoms with Gasteiger partial charge in [0.05, 0.1) is 10.0 Å². The Morgan fingerprint density at radius 3 is 2.41 bits per heavy atom. The summed E-state index contributed by atoms with van der Waals surface area (Å²) >= 11 is 2.75. The standard InChI is InChI=1S/C11H4BrF3N4O3/c12-7-1-5(10(20)21)2-8(9(7)22-11(13,14)15)19-18-6(3-16)4-17/h1-2,19H,(H,20,21). The fourth-order valence-electron chi connectivity index (χ4n) is 1.21. The largest absolute Gasteiger partial charge is 0.573 e. The third-order valence-electron chi connectivity index (χ3n) is 2.01. The zero-order chi connectivity index (χ0) is 16.9. The van der Waals surface area contributed by atoms with E-state index in [2.05, 4.69) is 25.8 Å². The minimum Gasteiger partial charge on any atom is -0.478 e. The van der Waals surface area contributed by atoms with Crippen molar-refractivity contribution in [2.45, 2.75) is 6.36 Å². The number of carboxylic acids is 1. The number of nitrogens with one attached hydrogen (secondary N) is 1. The summed E-state index contributed by atoms with van der Waals surface area (Å²) in [6.45, 7) is 0. The first-order valence-electron chi connectivity index (χ1n) is 5.14. The Labute approximate surface area is 129 Å². The Balaban J connectivity index is 3.37. The van der Waals surface area contributed by atoms with Crippen LogP contribution in [-0.4, -0.2) is 23.1 Å². The van der Waals surface area contributed by atoms with E-state index >= 15 is 0 Å². The highest BCUT2D eigenvalue weighted by atomic mass is 79.9. The number of halogens is 4. The van der Waals surface area contributed by atoms with Crippen LogP contribution in [0.2, 0.25) is 0 Å². The first kappa shape index (κ1) is 17.3. The summed E-state index contributed by atoms with van der Waals surface area (Å²) < 4.78 is 40.5. The van der Waals surface area contributed by atoms with E-state index in [0.29, 0.717) is 0 Å². The van der Waals surface area contributed by atoms with Gasteiger partial charge in [0, 0.05) is 0 Å². The lowest BCUT2D eigenvalue weighted by molar-refractivity contribution is -0.274. The van der Waals surface area contributed by atoms with E-state index in [4.69, 9.17) is 15.6 Å². The van der Waals surface area contributed by atoms with Gasteiger partial charge in [0.25, 0.3) is 0 Å². The second-order valence-electron chi connectivity index (χ2n) is 3.48. The number of hydrogen-bond donors (Lipinski definition) is 2. The summed E-state index contributed by atoms with van der Waals surface area (Å²) in [4.78, 5) is 10.9. The molecule has 1 aromatic carbocycles. The number of anilines is 1. The molecule has 0 heterocycles. The fourth-order valence-corrected chi connectivity index (χ4v) is 1.75. The van der Waals surface area contributed by atoms with E-state index in [1.807, 2.05) is 5.43 Å². The molecule has 2 N–H and O–H groups in total. The van der Waals surface area contributed by atoms with Gasteiger partial charge in [0.1, 0.15) is 17.8 Å². The molecule has 11 heteroatoms. The lowest BCUT2D eigenvalue weighted by atomic mass is 10.2. The molecule has 0 radical (unpaired) electrons. The molecule has 0 unspecified atom stereocenters. The predicted octanol–water partition coefficient (Wildman–Crippen LogP) is 2.86. The molecule has 0 aromatic heterocycles. The van der Waals surface area contributed by atoms with Crippen LogP contribution in [0.3, 0.4) is 0 Å². The highest BCUT2D eigenvalue weighted by molar-refractivity contribution is 9.10. The Bertz CT molecular complexity index is 703. The van der Waals surface area contributed by atoms with Crippen LogP contribution in [-0.2, 0) is 0 Å². The van der Waals surface area contributed by atoms with E-state index in [9.17, 15) is 18.0 Å². The average Bonchev–Trinajstić information content (AvgIpc) is 2.41. The van der Waals surface area contributed by atoms with Crippen LogP contribution >= 0.6 is 15.9 Å². The minimum atomic E-state index is -5.04. The number of alkyl halides is 3. The molecule has 114 valence electrons. The summed E-state index contributed by atoms with van der Waals surface area (Å²) in [5.41, 5.74) is 0.467. The lowest BCUT2D eigenvalue weighted by Crippen LogP contribution is -2.18. The number of carboxylic acid groups (broad SMARTS) is 1. The Kier molecular flexibility index (Phi) is 5.32. The molecule has 7 nitrogen and oxygen atoms in total. The number of nitrogens with zero attached hydrogens (tertiary/aromatic N) is 3. The van der Waals surface area contributed by atoms with Crippen molar-refractivity contribution in [3.05, 3.63) is 22.2 Å². The van der Waals surface area contributed by atoms with Crippen LogP contribution in [0.25, 0.3) is 0 Å². The van der Waals surface area contributed by atoms with Crippen LogP contribution < -0.4 is 10.2 Å². The van der Waals surface area contributed by atoms with Crippen molar-refractivity contribution in [1.82, 2.24) is 0 Å². The maximum atomic E-state index is 12.4. The quantitative estimate of drug-likeness (QED) is 0.615. The van der Waals surface area contributed by atoms with Gasteiger partial charge in [-0.25, -0.2) is 4.79 Å². The zero-order valence-corrected chi connectivity index (χ0v) is 11.9. The number of carbonyl (C=O) groups is 1. The first-order chi connectivity index (χ1) is 10.2. The molecule has 0 atom stereocenters. The second kappa shape index (κ2) is 6.78. The van der Waals surface area contributed by atoms with Gasteiger partial charge < -0.3 is 9.84 Å².